The molecule has 8 heteroatoms. The van der Waals surface area contributed by atoms with Gasteiger partial charge in [0.05, 0.1) is 11.0 Å². The monoisotopic (exact) mass is 492 g/mol. The first-order valence-electron chi connectivity index (χ1n) is 12.1. The maximum absolute atomic E-state index is 4.42. The molecular weight excluding hydrogens is 472 g/mol. The zero-order valence-electron chi connectivity index (χ0n) is 20.1. The summed E-state index contributed by atoms with van der Waals surface area (Å²) in [6, 6.07) is 31.2. The molecule has 4 aromatic carbocycles. The summed E-state index contributed by atoms with van der Waals surface area (Å²) in [5, 5.41) is 5.97. The lowest BCUT2D eigenvalue weighted by Crippen LogP contribution is -1.99. The Hall–Kier alpha value is -5.50. The molecule has 0 bridgehead atoms. The van der Waals surface area contributed by atoms with Gasteiger partial charge in [-0.2, -0.15) is 0 Å². The molecule has 0 spiro atoms. The minimum atomic E-state index is 0.601. The lowest BCUT2D eigenvalue weighted by atomic mass is 10.1. The Morgan fingerprint density at radius 3 is 1.74 bits per heavy atom. The molecule has 180 valence electrons. The average Bonchev–Trinajstić information content (AvgIpc) is 3.33. The first kappa shape index (κ1) is 21.8. The van der Waals surface area contributed by atoms with Crippen LogP contribution >= 0.6 is 0 Å². The Morgan fingerprint density at radius 2 is 1.08 bits per heavy atom. The van der Waals surface area contributed by atoms with Crippen molar-refractivity contribution in [2.45, 2.75) is 0 Å². The van der Waals surface area contributed by atoms with E-state index in [0.717, 1.165) is 39.2 Å². The van der Waals surface area contributed by atoms with Crippen molar-refractivity contribution in [3.63, 3.8) is 0 Å². The molecule has 1 N–H and O–H groups in total. The van der Waals surface area contributed by atoms with Gasteiger partial charge in [0.25, 0.3) is 0 Å². The summed E-state index contributed by atoms with van der Waals surface area (Å²) in [5.41, 5.74) is 6.83. The Bertz CT molecular complexity index is 1850. The van der Waals surface area contributed by atoms with Gasteiger partial charge in [-0.05, 0) is 42.5 Å². The fourth-order valence-electron chi connectivity index (χ4n) is 4.82. The largest absolute Gasteiger partial charge is 0.355 e. The van der Waals surface area contributed by atoms with Crippen molar-refractivity contribution in [3.8, 4) is 28.5 Å². The number of anilines is 2. The summed E-state index contributed by atoms with van der Waals surface area (Å²) >= 11 is 0. The van der Waals surface area contributed by atoms with E-state index in [4.69, 9.17) is 0 Å². The smallest absolute Gasteiger partial charge is 0.162 e. The minimum Gasteiger partial charge on any atom is -0.355 e. The molecular formula is C30H20N8. The summed E-state index contributed by atoms with van der Waals surface area (Å²) < 4.78 is 2.28. The Balaban J connectivity index is 1.40. The summed E-state index contributed by atoms with van der Waals surface area (Å²) in [5.74, 6) is 1.22. The second-order valence-electron chi connectivity index (χ2n) is 8.77. The third kappa shape index (κ3) is 3.90. The van der Waals surface area contributed by atoms with Crippen molar-refractivity contribution in [3.05, 3.63) is 116 Å². The van der Waals surface area contributed by atoms with E-state index in [1.54, 1.807) is 0 Å². The van der Waals surface area contributed by atoms with Crippen LogP contribution in [0, 0.1) is 0 Å². The molecule has 0 aliphatic carbocycles. The molecule has 8 nitrogen and oxygen atoms in total. The number of fused-ring (bicyclic) bond motifs is 3. The van der Waals surface area contributed by atoms with Gasteiger partial charge in [0.2, 0.25) is 0 Å². The second kappa shape index (κ2) is 9.18. The summed E-state index contributed by atoms with van der Waals surface area (Å²) in [6.07, 6.45) is 6.03. The molecule has 0 saturated heterocycles. The van der Waals surface area contributed by atoms with Crippen LogP contribution in [-0.2, 0) is 0 Å². The zero-order valence-corrected chi connectivity index (χ0v) is 20.1. The second-order valence-corrected chi connectivity index (χ2v) is 8.77. The highest BCUT2D eigenvalue weighted by molar-refractivity contribution is 6.09. The van der Waals surface area contributed by atoms with Crippen LogP contribution in [0.25, 0.3) is 50.3 Å². The number of benzene rings is 4. The standard InChI is InChI=1S/C30H20N8/c1-3-10-27-25(8-1)26-9-2-4-11-28(26)38(27)24-14-21(30-35-18-32-19-36-30)13-23(15-24)37-22-7-5-6-20(12-22)29-33-16-31-17-34-29/h1-19,37H. The third-order valence-electron chi connectivity index (χ3n) is 6.41. The Morgan fingerprint density at radius 1 is 0.500 bits per heavy atom. The van der Waals surface area contributed by atoms with Gasteiger partial charge in [-0.15, -0.1) is 0 Å². The molecule has 0 saturated carbocycles. The number of hydrogen-bond donors (Lipinski definition) is 1. The van der Waals surface area contributed by atoms with Gasteiger partial charge in [-0.1, -0.05) is 48.5 Å². The molecule has 0 aliphatic heterocycles. The van der Waals surface area contributed by atoms with Crippen molar-refractivity contribution in [1.29, 1.82) is 0 Å². The molecule has 38 heavy (non-hydrogen) atoms. The van der Waals surface area contributed by atoms with Crippen LogP contribution in [0.3, 0.4) is 0 Å². The maximum atomic E-state index is 4.42. The van der Waals surface area contributed by atoms with Crippen LogP contribution < -0.4 is 5.32 Å². The number of hydrogen-bond acceptors (Lipinski definition) is 7. The first-order valence-corrected chi connectivity index (χ1v) is 12.1. The topological polar surface area (TPSA) is 94.3 Å². The predicted molar refractivity (Wildman–Crippen MR) is 148 cm³/mol. The van der Waals surface area contributed by atoms with E-state index >= 15 is 0 Å². The average molecular weight is 493 g/mol. The van der Waals surface area contributed by atoms with E-state index in [2.05, 4.69) is 100 Å². The number of rotatable bonds is 5. The van der Waals surface area contributed by atoms with Crippen LogP contribution in [-0.4, -0.2) is 34.5 Å². The van der Waals surface area contributed by atoms with Gasteiger partial charge in [0, 0.05) is 39.0 Å². The molecule has 0 unspecified atom stereocenters. The number of aromatic nitrogens is 7. The highest BCUT2D eigenvalue weighted by atomic mass is 15.0. The van der Waals surface area contributed by atoms with Gasteiger partial charge in [-0.3, -0.25) is 0 Å². The minimum absolute atomic E-state index is 0.601. The lowest BCUT2D eigenvalue weighted by molar-refractivity contribution is 1.05. The maximum Gasteiger partial charge on any atom is 0.162 e. The van der Waals surface area contributed by atoms with Crippen molar-refractivity contribution >= 4 is 33.2 Å². The fourth-order valence-corrected chi connectivity index (χ4v) is 4.82. The van der Waals surface area contributed by atoms with Gasteiger partial charge in [0.1, 0.15) is 25.3 Å². The van der Waals surface area contributed by atoms with E-state index in [9.17, 15) is 0 Å². The molecule has 3 heterocycles. The SMILES string of the molecule is c1cc(Nc2cc(-c3ncncn3)cc(-n3c4ccccc4c4ccccc43)c2)cc(-c2ncncn2)c1. The highest BCUT2D eigenvalue weighted by Crippen LogP contribution is 2.35. The van der Waals surface area contributed by atoms with Crippen molar-refractivity contribution < 1.29 is 0 Å². The molecule has 7 aromatic rings. The van der Waals surface area contributed by atoms with Gasteiger partial charge < -0.3 is 9.88 Å². The summed E-state index contributed by atoms with van der Waals surface area (Å²) in [6.45, 7) is 0. The zero-order chi connectivity index (χ0) is 25.3. The molecule has 0 aliphatic rings. The Labute approximate surface area is 217 Å². The van der Waals surface area contributed by atoms with E-state index in [-0.39, 0.29) is 0 Å². The third-order valence-corrected chi connectivity index (χ3v) is 6.41. The summed E-state index contributed by atoms with van der Waals surface area (Å²) in [4.78, 5) is 25.3. The predicted octanol–water partition coefficient (Wildman–Crippen LogP) is 6.23. The van der Waals surface area contributed by atoms with E-state index < -0.39 is 0 Å². The van der Waals surface area contributed by atoms with Crippen LogP contribution in [0.5, 0.6) is 0 Å². The fraction of sp³-hybridized carbons (Fsp3) is 0. The highest BCUT2D eigenvalue weighted by Gasteiger charge is 2.14. The molecule has 3 aromatic heterocycles. The van der Waals surface area contributed by atoms with Crippen molar-refractivity contribution in [1.82, 2.24) is 34.5 Å². The van der Waals surface area contributed by atoms with Crippen LogP contribution in [0.15, 0.2) is 116 Å². The van der Waals surface area contributed by atoms with Crippen LogP contribution in [0.4, 0.5) is 11.4 Å². The van der Waals surface area contributed by atoms with Gasteiger partial charge >= 0.3 is 0 Å². The Kier molecular flexibility index (Phi) is 5.26. The van der Waals surface area contributed by atoms with Gasteiger partial charge in [0.15, 0.2) is 11.6 Å². The van der Waals surface area contributed by atoms with Crippen LogP contribution in [0.1, 0.15) is 0 Å². The summed E-state index contributed by atoms with van der Waals surface area (Å²) in [7, 11) is 0. The normalized spacial score (nSPS) is 11.2. The quantitative estimate of drug-likeness (QED) is 0.304. The molecule has 7 rings (SSSR count). The molecule has 0 amide bonds. The number of nitrogens with one attached hydrogen (secondary N) is 1. The van der Waals surface area contributed by atoms with Gasteiger partial charge in [-0.25, -0.2) is 29.9 Å². The van der Waals surface area contributed by atoms with Crippen molar-refractivity contribution in [2.24, 2.45) is 0 Å². The van der Waals surface area contributed by atoms with E-state index in [0.29, 0.717) is 11.6 Å². The van der Waals surface area contributed by atoms with E-state index in [1.165, 1.54) is 36.1 Å². The molecule has 0 atom stereocenters. The first-order chi connectivity index (χ1) is 18.8. The molecule has 0 radical (unpaired) electrons. The number of nitrogens with zero attached hydrogens (tertiary/aromatic N) is 7. The lowest BCUT2D eigenvalue weighted by Gasteiger charge is -2.14. The van der Waals surface area contributed by atoms with E-state index in [1.807, 2.05) is 30.3 Å². The van der Waals surface area contributed by atoms with Crippen molar-refractivity contribution in [2.75, 3.05) is 5.32 Å². The number of para-hydroxylation sites is 2. The van der Waals surface area contributed by atoms with Crippen LogP contribution in [0.2, 0.25) is 0 Å². The molecule has 0 fully saturated rings.